The maximum absolute atomic E-state index is 13.3. The predicted octanol–water partition coefficient (Wildman–Crippen LogP) is 4.91. The molecule has 7 nitrogen and oxygen atoms in total. The van der Waals surface area contributed by atoms with Gasteiger partial charge in [-0.2, -0.15) is 22.9 Å². The number of hydrogen-bond acceptors (Lipinski definition) is 6. The van der Waals surface area contributed by atoms with Gasteiger partial charge in [0.1, 0.15) is 5.75 Å². The summed E-state index contributed by atoms with van der Waals surface area (Å²) in [6.45, 7) is 1.56. The van der Waals surface area contributed by atoms with Gasteiger partial charge in [-0.15, -0.1) is 0 Å². The van der Waals surface area contributed by atoms with Gasteiger partial charge in [-0.25, -0.2) is 9.78 Å². The fourth-order valence-corrected chi connectivity index (χ4v) is 3.43. The van der Waals surface area contributed by atoms with Gasteiger partial charge in [-0.05, 0) is 43.3 Å². The van der Waals surface area contributed by atoms with Crippen molar-refractivity contribution in [1.29, 1.82) is 0 Å². The zero-order chi connectivity index (χ0) is 25.7. The first kappa shape index (κ1) is 24.6. The highest BCUT2D eigenvalue weighted by Gasteiger charge is 2.31. The number of fused-ring (bicyclic) bond motifs is 1. The molecule has 10 heteroatoms. The minimum absolute atomic E-state index is 0.0639. The molecule has 184 valence electrons. The minimum atomic E-state index is -4.57. The molecular formula is C26H20F3N3O4. The van der Waals surface area contributed by atoms with Crippen LogP contribution in [0.2, 0.25) is 0 Å². The Morgan fingerprint density at radius 3 is 2.58 bits per heavy atom. The van der Waals surface area contributed by atoms with Crippen molar-refractivity contribution in [2.75, 3.05) is 13.2 Å². The lowest BCUT2D eigenvalue weighted by Crippen LogP contribution is -2.20. The summed E-state index contributed by atoms with van der Waals surface area (Å²) in [6.07, 6.45) is -3.26. The lowest BCUT2D eigenvalue weighted by Gasteiger charge is -2.12. The molecule has 0 bridgehead atoms. The highest BCUT2D eigenvalue weighted by atomic mass is 19.4. The zero-order valence-electron chi connectivity index (χ0n) is 19.0. The summed E-state index contributed by atoms with van der Waals surface area (Å²) >= 11 is 0. The number of ether oxygens (including phenoxy) is 2. The van der Waals surface area contributed by atoms with Crippen LogP contribution in [0.15, 0.2) is 82.7 Å². The molecule has 0 fully saturated rings. The summed E-state index contributed by atoms with van der Waals surface area (Å²) in [4.78, 5) is 29.4. The second-order valence-corrected chi connectivity index (χ2v) is 7.52. The summed E-state index contributed by atoms with van der Waals surface area (Å²) in [5.41, 5.74) is -0.627. The van der Waals surface area contributed by atoms with E-state index < -0.39 is 23.3 Å². The summed E-state index contributed by atoms with van der Waals surface area (Å²) in [6, 6.07) is 17.7. The Bertz CT molecular complexity index is 1500. The number of halogens is 3. The van der Waals surface area contributed by atoms with E-state index in [2.05, 4.69) is 10.1 Å². The molecule has 0 saturated heterocycles. The van der Waals surface area contributed by atoms with Crippen molar-refractivity contribution in [3.05, 3.63) is 94.3 Å². The molecule has 0 aliphatic rings. The molecule has 3 aromatic carbocycles. The molecule has 0 unspecified atom stereocenters. The number of carbonyl (C=O) groups is 1. The van der Waals surface area contributed by atoms with Crippen LogP contribution in [0.1, 0.15) is 18.1 Å². The lowest BCUT2D eigenvalue weighted by atomic mass is 10.1. The van der Waals surface area contributed by atoms with Crippen molar-refractivity contribution in [3.8, 4) is 17.1 Å². The van der Waals surface area contributed by atoms with Gasteiger partial charge < -0.3 is 9.47 Å². The fraction of sp³-hybridized carbons (Fsp3) is 0.154. The van der Waals surface area contributed by atoms with Crippen LogP contribution in [0.25, 0.3) is 22.3 Å². The number of aromatic nitrogens is 2. The van der Waals surface area contributed by atoms with Crippen LogP contribution in [0.5, 0.6) is 5.75 Å². The highest BCUT2D eigenvalue weighted by Crippen LogP contribution is 2.32. The zero-order valence-corrected chi connectivity index (χ0v) is 19.0. The Kier molecular flexibility index (Phi) is 7.14. The molecule has 1 aromatic heterocycles. The van der Waals surface area contributed by atoms with E-state index in [4.69, 9.17) is 9.47 Å². The average molecular weight is 495 g/mol. The van der Waals surface area contributed by atoms with E-state index in [-0.39, 0.29) is 30.0 Å². The van der Waals surface area contributed by atoms with E-state index in [1.165, 1.54) is 18.3 Å². The van der Waals surface area contributed by atoms with Crippen LogP contribution in [0.4, 0.5) is 13.2 Å². The molecule has 4 rings (SSSR count). The first-order valence-electron chi connectivity index (χ1n) is 10.9. The van der Waals surface area contributed by atoms with Crippen molar-refractivity contribution in [2.45, 2.75) is 13.1 Å². The standard InChI is InChI=1S/C26H20F3N3O4/c1-2-35-23(33)16-36-22-13-6-3-8-18(22)15-30-32-24(17-9-7-10-19(14-17)26(27,28)29)31-21-12-5-4-11-20(21)25(32)34/h3-15H,2,16H2,1H3. The van der Waals surface area contributed by atoms with Crippen LogP contribution in [0, 0.1) is 0 Å². The van der Waals surface area contributed by atoms with Crippen molar-refractivity contribution in [3.63, 3.8) is 0 Å². The number of alkyl halides is 3. The van der Waals surface area contributed by atoms with E-state index in [1.54, 1.807) is 55.5 Å². The van der Waals surface area contributed by atoms with Gasteiger partial charge >= 0.3 is 12.1 Å². The molecule has 0 aliphatic heterocycles. The van der Waals surface area contributed by atoms with Gasteiger partial charge in [-0.1, -0.05) is 36.4 Å². The largest absolute Gasteiger partial charge is 0.481 e. The number of para-hydroxylation sites is 2. The maximum Gasteiger partial charge on any atom is 0.416 e. The van der Waals surface area contributed by atoms with Crippen LogP contribution >= 0.6 is 0 Å². The van der Waals surface area contributed by atoms with Crippen LogP contribution in [-0.2, 0) is 15.7 Å². The van der Waals surface area contributed by atoms with E-state index in [1.807, 2.05) is 0 Å². The minimum Gasteiger partial charge on any atom is -0.481 e. The van der Waals surface area contributed by atoms with Gasteiger partial charge in [0.05, 0.1) is 29.3 Å². The molecule has 0 radical (unpaired) electrons. The Labute approximate surface area is 203 Å². The first-order chi connectivity index (χ1) is 17.3. The molecule has 0 saturated carbocycles. The van der Waals surface area contributed by atoms with E-state index in [9.17, 15) is 22.8 Å². The number of benzene rings is 3. The molecule has 1 heterocycles. The molecule has 0 spiro atoms. The van der Waals surface area contributed by atoms with Crippen molar-refractivity contribution < 1.29 is 27.4 Å². The van der Waals surface area contributed by atoms with E-state index in [0.717, 1.165) is 16.8 Å². The van der Waals surface area contributed by atoms with E-state index >= 15 is 0 Å². The predicted molar refractivity (Wildman–Crippen MR) is 128 cm³/mol. The maximum atomic E-state index is 13.3. The molecule has 0 amide bonds. The normalized spacial score (nSPS) is 11.7. The van der Waals surface area contributed by atoms with Crippen molar-refractivity contribution in [2.24, 2.45) is 5.10 Å². The van der Waals surface area contributed by atoms with Gasteiger partial charge in [0.2, 0.25) is 0 Å². The number of carbonyl (C=O) groups excluding carboxylic acids is 1. The van der Waals surface area contributed by atoms with Gasteiger partial charge in [0, 0.05) is 11.1 Å². The van der Waals surface area contributed by atoms with Crippen LogP contribution in [0.3, 0.4) is 0 Å². The Morgan fingerprint density at radius 2 is 1.81 bits per heavy atom. The fourth-order valence-electron chi connectivity index (χ4n) is 3.43. The summed E-state index contributed by atoms with van der Waals surface area (Å²) < 4.78 is 51.3. The summed E-state index contributed by atoms with van der Waals surface area (Å²) in [5, 5.41) is 4.51. The number of nitrogens with zero attached hydrogens (tertiary/aromatic N) is 3. The average Bonchev–Trinajstić information content (AvgIpc) is 2.87. The second kappa shape index (κ2) is 10.4. The van der Waals surface area contributed by atoms with Gasteiger partial charge in [-0.3, -0.25) is 4.79 Å². The summed E-state index contributed by atoms with van der Waals surface area (Å²) in [7, 11) is 0. The Morgan fingerprint density at radius 1 is 1.06 bits per heavy atom. The molecule has 0 N–H and O–H groups in total. The number of hydrogen-bond donors (Lipinski definition) is 0. The quantitative estimate of drug-likeness (QED) is 0.269. The van der Waals surface area contributed by atoms with E-state index in [0.29, 0.717) is 16.8 Å². The van der Waals surface area contributed by atoms with Crippen molar-refractivity contribution >= 4 is 23.1 Å². The van der Waals surface area contributed by atoms with Crippen LogP contribution < -0.4 is 10.3 Å². The van der Waals surface area contributed by atoms with Crippen molar-refractivity contribution in [1.82, 2.24) is 9.66 Å². The third kappa shape index (κ3) is 5.43. The number of rotatable bonds is 7. The number of esters is 1. The smallest absolute Gasteiger partial charge is 0.416 e. The topological polar surface area (TPSA) is 82.8 Å². The van der Waals surface area contributed by atoms with Crippen LogP contribution in [-0.4, -0.2) is 35.1 Å². The molecule has 36 heavy (non-hydrogen) atoms. The Hall–Kier alpha value is -4.47. The molecule has 4 aromatic rings. The molecular weight excluding hydrogens is 475 g/mol. The Balaban J connectivity index is 1.81. The monoisotopic (exact) mass is 495 g/mol. The molecule has 0 atom stereocenters. The SMILES string of the molecule is CCOC(=O)COc1ccccc1C=Nn1c(-c2cccc(C(F)(F)F)c2)nc2ccccc2c1=O. The molecule has 0 aliphatic carbocycles. The summed E-state index contributed by atoms with van der Waals surface area (Å²) in [5.74, 6) is -0.311. The second-order valence-electron chi connectivity index (χ2n) is 7.52. The lowest BCUT2D eigenvalue weighted by molar-refractivity contribution is -0.145. The van der Waals surface area contributed by atoms with Gasteiger partial charge in [0.15, 0.2) is 12.4 Å². The third-order valence-electron chi connectivity index (χ3n) is 5.08. The highest BCUT2D eigenvalue weighted by molar-refractivity contribution is 5.84. The third-order valence-corrected chi connectivity index (χ3v) is 5.08. The van der Waals surface area contributed by atoms with Gasteiger partial charge in [0.25, 0.3) is 5.56 Å². The first-order valence-corrected chi connectivity index (χ1v) is 10.9.